The minimum absolute atomic E-state index is 0.0961. The molecule has 2 unspecified atom stereocenters. The standard InChI is InChI=1S/C18H19BrO6/c1-24-18-5-2-11(8-17(18)23)14(20)4-3-13-15(21)9-12(10-16(13)22)25-7-6-19/h2-5,8-10,13,15,21-23H,6-7H2,1H3. The lowest BCUT2D eigenvalue weighted by Gasteiger charge is -2.22. The molecule has 0 heterocycles. The lowest BCUT2D eigenvalue weighted by Crippen LogP contribution is -2.23. The molecule has 0 amide bonds. The van der Waals surface area contributed by atoms with Crippen molar-refractivity contribution < 1.29 is 29.6 Å². The average Bonchev–Trinajstić information content (AvgIpc) is 2.58. The molecular formula is C18H19BrO6. The average molecular weight is 411 g/mol. The number of aliphatic hydroxyl groups excluding tert-OH is 2. The van der Waals surface area contributed by atoms with Gasteiger partial charge in [-0.25, -0.2) is 0 Å². The van der Waals surface area contributed by atoms with Crippen molar-refractivity contribution in [1.29, 1.82) is 0 Å². The van der Waals surface area contributed by atoms with E-state index >= 15 is 0 Å². The molecular weight excluding hydrogens is 392 g/mol. The molecule has 2 rings (SSSR count). The molecule has 7 heteroatoms. The smallest absolute Gasteiger partial charge is 0.185 e. The van der Waals surface area contributed by atoms with Gasteiger partial charge in [-0.15, -0.1) is 0 Å². The van der Waals surface area contributed by atoms with E-state index in [-0.39, 0.29) is 28.6 Å². The van der Waals surface area contributed by atoms with Crippen LogP contribution in [0.1, 0.15) is 10.4 Å². The van der Waals surface area contributed by atoms with Gasteiger partial charge in [0.1, 0.15) is 11.5 Å². The largest absolute Gasteiger partial charge is 0.511 e. The fourth-order valence-corrected chi connectivity index (χ4v) is 2.49. The van der Waals surface area contributed by atoms with E-state index in [0.717, 1.165) is 0 Å². The minimum atomic E-state index is -1.01. The quantitative estimate of drug-likeness (QED) is 0.363. The number of phenols is 1. The van der Waals surface area contributed by atoms with E-state index in [1.165, 1.54) is 49.6 Å². The number of carbonyl (C=O) groups excluding carboxylic acids is 1. The number of carbonyl (C=O) groups is 1. The minimum Gasteiger partial charge on any atom is -0.511 e. The first kappa shape index (κ1) is 19.1. The molecule has 2 atom stereocenters. The highest BCUT2D eigenvalue weighted by Crippen LogP contribution is 2.27. The molecule has 25 heavy (non-hydrogen) atoms. The van der Waals surface area contributed by atoms with Gasteiger partial charge in [-0.05, 0) is 30.4 Å². The van der Waals surface area contributed by atoms with E-state index in [9.17, 15) is 20.1 Å². The summed E-state index contributed by atoms with van der Waals surface area (Å²) in [5.41, 5.74) is 0.264. The third-order valence-electron chi connectivity index (χ3n) is 3.60. The number of halogens is 1. The molecule has 1 aromatic rings. The number of hydrogen-bond donors (Lipinski definition) is 3. The van der Waals surface area contributed by atoms with Crippen LogP contribution in [0.2, 0.25) is 0 Å². The van der Waals surface area contributed by atoms with Crippen molar-refractivity contribution in [2.45, 2.75) is 6.10 Å². The number of hydrogen-bond acceptors (Lipinski definition) is 6. The van der Waals surface area contributed by atoms with Crippen molar-refractivity contribution in [2.24, 2.45) is 5.92 Å². The van der Waals surface area contributed by atoms with E-state index < -0.39 is 12.0 Å². The molecule has 0 aromatic heterocycles. The van der Waals surface area contributed by atoms with Crippen molar-refractivity contribution in [3.63, 3.8) is 0 Å². The van der Waals surface area contributed by atoms with E-state index in [2.05, 4.69) is 15.9 Å². The van der Waals surface area contributed by atoms with Crippen molar-refractivity contribution in [2.75, 3.05) is 19.0 Å². The molecule has 1 aromatic carbocycles. The van der Waals surface area contributed by atoms with Gasteiger partial charge in [0.15, 0.2) is 17.3 Å². The highest BCUT2D eigenvalue weighted by atomic mass is 79.9. The lowest BCUT2D eigenvalue weighted by molar-refractivity contribution is 0.104. The van der Waals surface area contributed by atoms with E-state index in [4.69, 9.17) is 9.47 Å². The molecule has 1 aliphatic rings. The first-order chi connectivity index (χ1) is 12.0. The van der Waals surface area contributed by atoms with Crippen LogP contribution >= 0.6 is 15.9 Å². The lowest BCUT2D eigenvalue weighted by atomic mass is 9.93. The van der Waals surface area contributed by atoms with Crippen LogP contribution in [0.3, 0.4) is 0 Å². The van der Waals surface area contributed by atoms with Gasteiger partial charge in [-0.3, -0.25) is 4.79 Å². The van der Waals surface area contributed by atoms with Crippen LogP contribution in [0.4, 0.5) is 0 Å². The normalized spacial score (nSPS) is 20.1. The molecule has 0 aliphatic heterocycles. The molecule has 0 fully saturated rings. The molecule has 0 radical (unpaired) electrons. The summed E-state index contributed by atoms with van der Waals surface area (Å²) in [6.45, 7) is 0.405. The summed E-state index contributed by atoms with van der Waals surface area (Å²) >= 11 is 3.22. The first-order valence-corrected chi connectivity index (χ1v) is 8.67. The van der Waals surface area contributed by atoms with E-state index in [1.54, 1.807) is 0 Å². The zero-order valence-electron chi connectivity index (χ0n) is 13.6. The Morgan fingerprint density at radius 2 is 2.12 bits per heavy atom. The summed E-state index contributed by atoms with van der Waals surface area (Å²) in [6.07, 6.45) is 4.54. The van der Waals surface area contributed by atoms with Crippen LogP contribution in [0.25, 0.3) is 0 Å². The molecule has 0 bridgehead atoms. The second-order valence-corrected chi connectivity index (χ2v) is 6.10. The fourth-order valence-electron chi connectivity index (χ4n) is 2.33. The maximum absolute atomic E-state index is 12.2. The van der Waals surface area contributed by atoms with Crippen LogP contribution < -0.4 is 4.74 Å². The second-order valence-electron chi connectivity index (χ2n) is 5.30. The van der Waals surface area contributed by atoms with Gasteiger partial charge in [0, 0.05) is 17.0 Å². The number of aromatic hydroxyl groups is 1. The Bertz CT molecular complexity index is 722. The summed E-state index contributed by atoms with van der Waals surface area (Å²) in [5, 5.41) is 30.5. The number of aliphatic hydroxyl groups is 2. The van der Waals surface area contributed by atoms with Gasteiger partial charge >= 0.3 is 0 Å². The van der Waals surface area contributed by atoms with Crippen molar-refractivity contribution in [1.82, 2.24) is 0 Å². The number of ether oxygens (including phenoxy) is 2. The second kappa shape index (κ2) is 8.73. The monoisotopic (exact) mass is 410 g/mol. The Morgan fingerprint density at radius 1 is 1.36 bits per heavy atom. The van der Waals surface area contributed by atoms with E-state index in [0.29, 0.717) is 17.7 Å². The Hall–Kier alpha value is -2.25. The maximum atomic E-state index is 12.2. The molecule has 3 N–H and O–H groups in total. The van der Waals surface area contributed by atoms with Crippen LogP contribution in [-0.4, -0.2) is 46.3 Å². The van der Waals surface area contributed by atoms with Gasteiger partial charge < -0.3 is 24.8 Å². The number of methoxy groups -OCH3 is 1. The number of ketones is 1. The number of phenolic OH excluding ortho intramolecular Hbond substituents is 1. The Labute approximate surface area is 153 Å². The number of alkyl halides is 1. The summed E-state index contributed by atoms with van der Waals surface area (Å²) in [6, 6.07) is 4.30. The molecule has 6 nitrogen and oxygen atoms in total. The van der Waals surface area contributed by atoms with Crippen LogP contribution in [0.5, 0.6) is 11.5 Å². The number of rotatable bonds is 7. The third-order valence-corrected chi connectivity index (χ3v) is 3.92. The third kappa shape index (κ3) is 4.87. The zero-order valence-corrected chi connectivity index (χ0v) is 15.1. The molecule has 0 spiro atoms. The van der Waals surface area contributed by atoms with Crippen LogP contribution in [0.15, 0.2) is 54.0 Å². The summed E-state index contributed by atoms with van der Waals surface area (Å²) in [7, 11) is 1.42. The predicted molar refractivity (Wildman–Crippen MR) is 96.2 cm³/mol. The van der Waals surface area contributed by atoms with E-state index in [1.807, 2.05) is 0 Å². The van der Waals surface area contributed by atoms with Gasteiger partial charge in [0.05, 0.1) is 25.7 Å². The summed E-state index contributed by atoms with van der Waals surface area (Å²) in [4.78, 5) is 12.2. The molecule has 0 saturated heterocycles. The zero-order chi connectivity index (χ0) is 18.4. The molecule has 0 saturated carbocycles. The Kier molecular flexibility index (Phi) is 6.66. The summed E-state index contributed by atoms with van der Waals surface area (Å²) < 4.78 is 10.3. The Morgan fingerprint density at radius 3 is 2.72 bits per heavy atom. The molecule has 1 aliphatic carbocycles. The van der Waals surface area contributed by atoms with Gasteiger partial charge in [-0.2, -0.15) is 0 Å². The predicted octanol–water partition coefficient (Wildman–Crippen LogP) is 2.87. The van der Waals surface area contributed by atoms with Gasteiger partial charge in [0.2, 0.25) is 0 Å². The molecule has 134 valence electrons. The SMILES string of the molecule is COc1ccc(C(=O)C=CC2C(O)=CC(OCCBr)=CC2O)cc1O. The summed E-state index contributed by atoms with van der Waals surface area (Å²) in [5.74, 6) is -0.708. The number of allylic oxidation sites excluding steroid dienone is 2. The number of benzene rings is 1. The van der Waals surface area contributed by atoms with Crippen molar-refractivity contribution in [3.8, 4) is 11.5 Å². The fraction of sp³-hybridized carbons (Fsp3) is 0.278. The van der Waals surface area contributed by atoms with Gasteiger partial charge in [-0.1, -0.05) is 22.0 Å². The van der Waals surface area contributed by atoms with Crippen molar-refractivity contribution >= 4 is 21.7 Å². The van der Waals surface area contributed by atoms with Crippen LogP contribution in [-0.2, 0) is 4.74 Å². The van der Waals surface area contributed by atoms with Crippen molar-refractivity contribution in [3.05, 3.63) is 59.6 Å². The van der Waals surface area contributed by atoms with Gasteiger partial charge in [0.25, 0.3) is 0 Å². The maximum Gasteiger partial charge on any atom is 0.185 e. The highest BCUT2D eigenvalue weighted by molar-refractivity contribution is 9.09. The topological polar surface area (TPSA) is 96.2 Å². The Balaban J connectivity index is 2.08. The highest BCUT2D eigenvalue weighted by Gasteiger charge is 2.24. The van der Waals surface area contributed by atoms with Crippen LogP contribution in [0, 0.1) is 5.92 Å². The first-order valence-electron chi connectivity index (χ1n) is 7.55.